The predicted molar refractivity (Wildman–Crippen MR) is 63.5 cm³/mol. The van der Waals surface area contributed by atoms with Gasteiger partial charge >= 0.3 is 0 Å². The highest BCUT2D eigenvalue weighted by molar-refractivity contribution is 6.33. The zero-order valence-electron chi connectivity index (χ0n) is 9.91. The number of ether oxygens (including phenoxy) is 2. The van der Waals surface area contributed by atoms with Crippen molar-refractivity contribution in [3.05, 3.63) is 22.7 Å². The third kappa shape index (κ3) is 2.66. The Morgan fingerprint density at radius 3 is 2.44 bits per heavy atom. The van der Waals surface area contributed by atoms with Crippen molar-refractivity contribution in [2.75, 3.05) is 20.8 Å². The largest absolute Gasteiger partial charge is 0.493 e. The van der Waals surface area contributed by atoms with E-state index in [-0.39, 0.29) is 16.3 Å². The van der Waals surface area contributed by atoms with Gasteiger partial charge in [-0.15, -0.1) is 0 Å². The lowest BCUT2D eigenvalue weighted by Gasteiger charge is -2.23. The second-order valence-corrected chi connectivity index (χ2v) is 3.98. The molecule has 1 aromatic carbocycles. The fourth-order valence-electron chi connectivity index (χ4n) is 1.47. The Balaban J connectivity index is 3.27. The smallest absolute Gasteiger partial charge is 0.289 e. The molecule has 0 saturated heterocycles. The fourth-order valence-corrected chi connectivity index (χ4v) is 1.82. The first-order chi connectivity index (χ1) is 8.38. The molecule has 18 heavy (non-hydrogen) atoms. The van der Waals surface area contributed by atoms with Crippen LogP contribution in [0.3, 0.4) is 0 Å². The summed E-state index contributed by atoms with van der Waals surface area (Å²) in [5, 5.41) is 8.56. The lowest BCUT2D eigenvalue weighted by Crippen LogP contribution is -2.36. The molecule has 1 rings (SSSR count). The first kappa shape index (κ1) is 14.9. The molecule has 0 spiro atoms. The van der Waals surface area contributed by atoms with Crippen LogP contribution in [0.15, 0.2) is 12.1 Å². The van der Waals surface area contributed by atoms with E-state index in [0.29, 0.717) is 5.75 Å². The van der Waals surface area contributed by atoms with E-state index >= 15 is 0 Å². The van der Waals surface area contributed by atoms with Crippen molar-refractivity contribution >= 4 is 11.6 Å². The van der Waals surface area contributed by atoms with Crippen molar-refractivity contribution in [3.63, 3.8) is 0 Å². The number of alkyl halides is 2. The molecule has 1 aromatic rings. The molecule has 0 aromatic heterocycles. The lowest BCUT2D eigenvalue weighted by atomic mass is 10.0. The molecule has 0 aliphatic heterocycles. The van der Waals surface area contributed by atoms with Crippen LogP contribution in [0.1, 0.15) is 11.6 Å². The third-order valence-electron chi connectivity index (χ3n) is 2.52. The number of aliphatic hydroxyl groups excluding tert-OH is 1. The normalized spacial score (nSPS) is 13.3. The molecule has 1 atom stereocenters. The van der Waals surface area contributed by atoms with Gasteiger partial charge in [-0.05, 0) is 11.6 Å². The summed E-state index contributed by atoms with van der Waals surface area (Å²) in [5.74, 6) is -3.03. The van der Waals surface area contributed by atoms with Crippen molar-refractivity contribution in [2.24, 2.45) is 5.73 Å². The molecule has 4 nitrogen and oxygen atoms in total. The Bertz CT molecular complexity index is 429. The number of aliphatic hydroxyl groups is 1. The van der Waals surface area contributed by atoms with E-state index in [1.807, 2.05) is 0 Å². The number of hydrogen-bond donors (Lipinski definition) is 2. The standard InChI is InChI=1S/C11H14ClF2NO3/c1-17-7-4-3-6(8(12)9(7)18-2)10(15)11(13,14)5-16/h3-4,10,16H,5,15H2,1-2H3/t10-/m0/s1. The first-order valence-electron chi connectivity index (χ1n) is 5.03. The van der Waals surface area contributed by atoms with Gasteiger partial charge < -0.3 is 20.3 Å². The molecule has 0 heterocycles. The van der Waals surface area contributed by atoms with Crippen LogP contribution in [0.5, 0.6) is 11.5 Å². The number of hydrogen-bond acceptors (Lipinski definition) is 4. The van der Waals surface area contributed by atoms with Gasteiger partial charge in [0, 0.05) is 0 Å². The summed E-state index contributed by atoms with van der Waals surface area (Å²) < 4.78 is 36.6. The van der Waals surface area contributed by atoms with Crippen molar-refractivity contribution in [2.45, 2.75) is 12.0 Å². The topological polar surface area (TPSA) is 64.7 Å². The van der Waals surface area contributed by atoms with Crippen LogP contribution in [0.4, 0.5) is 8.78 Å². The molecule has 0 radical (unpaired) electrons. The lowest BCUT2D eigenvalue weighted by molar-refractivity contribution is -0.0711. The molecule has 0 aliphatic carbocycles. The summed E-state index contributed by atoms with van der Waals surface area (Å²) in [6, 6.07) is 1.01. The Kier molecular flexibility index (Phi) is 4.72. The summed E-state index contributed by atoms with van der Waals surface area (Å²) in [6.45, 7) is -1.36. The Labute approximate surface area is 108 Å². The van der Waals surface area contributed by atoms with E-state index in [4.69, 9.17) is 31.9 Å². The SMILES string of the molecule is COc1ccc([C@H](N)C(F)(F)CO)c(Cl)c1OC. The molecule has 0 amide bonds. The van der Waals surface area contributed by atoms with E-state index < -0.39 is 18.6 Å². The Hall–Kier alpha value is -1.11. The number of nitrogens with two attached hydrogens (primary N) is 1. The minimum atomic E-state index is -3.47. The zero-order chi connectivity index (χ0) is 13.9. The van der Waals surface area contributed by atoms with Crippen LogP contribution in [0.25, 0.3) is 0 Å². The number of methoxy groups -OCH3 is 2. The summed E-state index contributed by atoms with van der Waals surface area (Å²) in [5.41, 5.74) is 5.39. The van der Waals surface area contributed by atoms with Crippen LogP contribution in [0.2, 0.25) is 5.02 Å². The molecule has 0 saturated carbocycles. The predicted octanol–water partition coefficient (Wildman–Crippen LogP) is 1.98. The summed E-state index contributed by atoms with van der Waals surface area (Å²) in [6.07, 6.45) is 0. The second kappa shape index (κ2) is 5.69. The zero-order valence-corrected chi connectivity index (χ0v) is 10.7. The maximum absolute atomic E-state index is 13.3. The van der Waals surface area contributed by atoms with Gasteiger partial charge in [-0.1, -0.05) is 17.7 Å². The van der Waals surface area contributed by atoms with Crippen LogP contribution in [-0.2, 0) is 0 Å². The van der Waals surface area contributed by atoms with Crippen LogP contribution < -0.4 is 15.2 Å². The molecule has 3 N–H and O–H groups in total. The molecule has 0 aliphatic rings. The van der Waals surface area contributed by atoms with E-state index in [1.165, 1.54) is 26.4 Å². The summed E-state index contributed by atoms with van der Waals surface area (Å²) in [4.78, 5) is 0. The molecule has 0 fully saturated rings. The van der Waals surface area contributed by atoms with Gasteiger partial charge in [-0.25, -0.2) is 8.78 Å². The van der Waals surface area contributed by atoms with Crippen molar-refractivity contribution < 1.29 is 23.4 Å². The summed E-state index contributed by atoms with van der Waals surface area (Å²) in [7, 11) is 2.74. The Morgan fingerprint density at radius 2 is 2.00 bits per heavy atom. The molecular formula is C11H14ClF2NO3. The third-order valence-corrected chi connectivity index (χ3v) is 2.91. The van der Waals surface area contributed by atoms with E-state index in [2.05, 4.69) is 0 Å². The molecule has 7 heteroatoms. The number of halogens is 3. The van der Waals surface area contributed by atoms with Crippen LogP contribution in [-0.4, -0.2) is 31.9 Å². The molecule has 0 unspecified atom stereocenters. The van der Waals surface area contributed by atoms with Crippen molar-refractivity contribution in [1.82, 2.24) is 0 Å². The van der Waals surface area contributed by atoms with Gasteiger partial charge in [-0.2, -0.15) is 0 Å². The van der Waals surface area contributed by atoms with Crippen molar-refractivity contribution in [1.29, 1.82) is 0 Å². The maximum atomic E-state index is 13.3. The van der Waals surface area contributed by atoms with E-state index in [1.54, 1.807) is 0 Å². The van der Waals surface area contributed by atoms with Gasteiger partial charge in [0.15, 0.2) is 11.5 Å². The first-order valence-corrected chi connectivity index (χ1v) is 5.41. The maximum Gasteiger partial charge on any atom is 0.289 e. The Morgan fingerprint density at radius 1 is 1.39 bits per heavy atom. The molecule has 102 valence electrons. The fraction of sp³-hybridized carbons (Fsp3) is 0.455. The van der Waals surface area contributed by atoms with Gasteiger partial charge in [0.25, 0.3) is 5.92 Å². The number of benzene rings is 1. The van der Waals surface area contributed by atoms with Crippen molar-refractivity contribution in [3.8, 4) is 11.5 Å². The van der Waals surface area contributed by atoms with Gasteiger partial charge in [-0.3, -0.25) is 0 Å². The highest BCUT2D eigenvalue weighted by Crippen LogP contribution is 2.42. The quantitative estimate of drug-likeness (QED) is 0.866. The second-order valence-electron chi connectivity index (χ2n) is 3.60. The minimum Gasteiger partial charge on any atom is -0.493 e. The van der Waals surface area contributed by atoms with E-state index in [9.17, 15) is 8.78 Å². The van der Waals surface area contributed by atoms with E-state index in [0.717, 1.165) is 0 Å². The minimum absolute atomic E-state index is 0.0200. The molecular weight excluding hydrogens is 268 g/mol. The van der Waals surface area contributed by atoms with Gasteiger partial charge in [0.1, 0.15) is 6.61 Å². The van der Waals surface area contributed by atoms with Crippen LogP contribution >= 0.6 is 11.6 Å². The highest BCUT2D eigenvalue weighted by Gasteiger charge is 2.39. The van der Waals surface area contributed by atoms with Gasteiger partial charge in [0.2, 0.25) is 0 Å². The number of rotatable bonds is 5. The van der Waals surface area contributed by atoms with Crippen LogP contribution in [0, 0.1) is 0 Å². The van der Waals surface area contributed by atoms with Gasteiger partial charge in [0.05, 0.1) is 25.3 Å². The average Bonchev–Trinajstić information content (AvgIpc) is 2.37. The molecule has 0 bridgehead atoms. The summed E-state index contributed by atoms with van der Waals surface area (Å²) >= 11 is 5.95. The average molecular weight is 282 g/mol. The highest BCUT2D eigenvalue weighted by atomic mass is 35.5. The monoisotopic (exact) mass is 281 g/mol.